The van der Waals surface area contributed by atoms with Crippen molar-refractivity contribution in [1.82, 2.24) is 48.0 Å². The molecule has 24 heteroatoms. The number of nitrogens with two attached hydrogens (primary N) is 2. The summed E-state index contributed by atoms with van der Waals surface area (Å²) in [6.07, 6.45) is 2.74. The monoisotopic (exact) mass is 933 g/mol. The van der Waals surface area contributed by atoms with E-state index in [4.69, 9.17) is 16.7 Å². The molecule has 65 heavy (non-hydrogen) atoms. The van der Waals surface area contributed by atoms with Gasteiger partial charge in [0.15, 0.2) is 0 Å². The van der Waals surface area contributed by atoms with Gasteiger partial charge in [0.1, 0.15) is 23.9 Å². The number of nitrogens with one attached hydrogen (secondary N) is 9. The van der Waals surface area contributed by atoms with Crippen molar-refractivity contribution in [3.05, 3.63) is 29.8 Å². The van der Waals surface area contributed by atoms with Gasteiger partial charge < -0.3 is 59.1 Å². The molecule has 360 valence electrons. The lowest BCUT2D eigenvalue weighted by atomic mass is 9.90. The normalized spacial score (nSPS) is 18.0. The number of carbonyl (C=O) groups excluding carboxylic acids is 10. The van der Waals surface area contributed by atoms with Gasteiger partial charge in [-0.25, -0.2) is 10.3 Å². The molecule has 0 aromatic heterocycles. The lowest BCUT2D eigenvalue weighted by Gasteiger charge is -2.26. The van der Waals surface area contributed by atoms with E-state index in [-0.39, 0.29) is 55.5 Å². The minimum Gasteiger partial charge on any atom is -0.508 e. The van der Waals surface area contributed by atoms with Crippen LogP contribution in [0.15, 0.2) is 24.3 Å². The molecule has 2 aliphatic heterocycles. The van der Waals surface area contributed by atoms with Gasteiger partial charge in [0, 0.05) is 49.1 Å². The zero-order chi connectivity index (χ0) is 48.1. The number of fused-ring (bicyclic) bond motifs is 1. The van der Waals surface area contributed by atoms with Crippen LogP contribution in [0.25, 0.3) is 0 Å². The molecule has 0 aliphatic carbocycles. The molecule has 11 amide bonds. The third-order valence-corrected chi connectivity index (χ3v) is 12.4. The number of hydrogen-bond donors (Lipinski definition) is 13. The van der Waals surface area contributed by atoms with E-state index >= 15 is 0 Å². The summed E-state index contributed by atoms with van der Waals surface area (Å²) in [5.41, 5.74) is 12.7. The summed E-state index contributed by atoms with van der Waals surface area (Å²) in [5, 5.41) is 39.9. The van der Waals surface area contributed by atoms with E-state index < -0.39 is 96.7 Å². The molecule has 1 aromatic carbocycles. The number of urea groups is 1. The van der Waals surface area contributed by atoms with Crippen LogP contribution < -0.4 is 59.5 Å². The van der Waals surface area contributed by atoms with Gasteiger partial charge >= 0.3 is 6.03 Å². The van der Waals surface area contributed by atoms with Gasteiger partial charge in [-0.05, 0) is 62.1 Å². The maximum Gasteiger partial charge on any atom is 0.315 e. The van der Waals surface area contributed by atoms with Gasteiger partial charge in [-0.15, -0.1) is 0 Å². The van der Waals surface area contributed by atoms with Crippen molar-refractivity contribution in [3.8, 4) is 5.75 Å². The molecule has 1 unspecified atom stereocenters. The molecule has 2 aliphatic rings. The zero-order valence-corrected chi connectivity index (χ0v) is 37.4. The molecule has 7 atom stereocenters. The Bertz CT molecular complexity index is 1850. The molecule has 23 nitrogen and oxygen atoms in total. The second-order valence-corrected chi connectivity index (χ2v) is 17.6. The number of aromatic hydroxyl groups is 1. The molecular formula is C41H63N11O12S. The van der Waals surface area contributed by atoms with Crippen LogP contribution in [0.5, 0.6) is 5.75 Å². The fourth-order valence-corrected chi connectivity index (χ4v) is 8.73. The number of phenolic OH excluding ortho intramolecular Hbond substituents is 1. The average Bonchev–Trinajstić information content (AvgIpc) is 3.82. The molecule has 2 saturated heterocycles. The van der Waals surface area contributed by atoms with E-state index in [0.29, 0.717) is 43.0 Å². The van der Waals surface area contributed by atoms with E-state index in [9.17, 15) is 53.1 Å². The van der Waals surface area contributed by atoms with Gasteiger partial charge in [0.2, 0.25) is 53.2 Å². The first kappa shape index (κ1) is 53.2. The zero-order valence-electron chi connectivity index (χ0n) is 36.6. The third-order valence-electron chi connectivity index (χ3n) is 10.9. The number of phenols is 1. The van der Waals surface area contributed by atoms with Crippen LogP contribution in [0.2, 0.25) is 0 Å². The quantitative estimate of drug-likeness (QED) is 0.0172. The molecular weight excluding hydrogens is 871 g/mol. The van der Waals surface area contributed by atoms with Crippen molar-refractivity contribution in [1.29, 1.82) is 0 Å². The van der Waals surface area contributed by atoms with Crippen LogP contribution in [0, 0.1) is 11.8 Å². The number of benzene rings is 1. The molecule has 0 spiro atoms. The third kappa shape index (κ3) is 19.2. The summed E-state index contributed by atoms with van der Waals surface area (Å²) in [7, 11) is 0. The summed E-state index contributed by atoms with van der Waals surface area (Å²) in [5.74, 6) is -7.15. The van der Waals surface area contributed by atoms with Gasteiger partial charge in [-0.3, -0.25) is 48.4 Å². The summed E-state index contributed by atoms with van der Waals surface area (Å²) < 4.78 is 0. The van der Waals surface area contributed by atoms with Crippen LogP contribution in [0.3, 0.4) is 0 Å². The van der Waals surface area contributed by atoms with E-state index in [2.05, 4.69) is 42.5 Å². The first-order valence-electron chi connectivity index (χ1n) is 21.5. The number of thioether (sulfide) groups is 1. The Morgan fingerprint density at radius 2 is 1.43 bits per heavy atom. The van der Waals surface area contributed by atoms with Crippen LogP contribution >= 0.6 is 11.8 Å². The maximum absolute atomic E-state index is 13.7. The number of carbonyl (C=O) groups is 10. The van der Waals surface area contributed by atoms with Crippen molar-refractivity contribution in [2.24, 2.45) is 23.3 Å². The number of primary amides is 2. The number of hydrogen-bond acceptors (Lipinski definition) is 13. The van der Waals surface area contributed by atoms with E-state index in [0.717, 1.165) is 18.6 Å². The largest absolute Gasteiger partial charge is 0.508 e. The van der Waals surface area contributed by atoms with Crippen molar-refractivity contribution >= 4 is 71.0 Å². The van der Waals surface area contributed by atoms with Gasteiger partial charge in [-0.2, -0.15) is 11.8 Å². The lowest BCUT2D eigenvalue weighted by molar-refractivity contribution is -0.137. The smallest absolute Gasteiger partial charge is 0.315 e. The minimum atomic E-state index is -1.44. The van der Waals surface area contributed by atoms with Crippen molar-refractivity contribution in [2.45, 2.75) is 120 Å². The minimum absolute atomic E-state index is 0.0568. The highest BCUT2D eigenvalue weighted by Crippen LogP contribution is 2.33. The Hall–Kier alpha value is -6.17. The van der Waals surface area contributed by atoms with Gasteiger partial charge in [0.05, 0.1) is 25.2 Å². The SMILES string of the molecule is CC(C)C(CC(=O)NO)C(=O)N[C@@H](Cc1ccc(O)cc1)C(=O)N[C@@H](CCC(N)=O)C(=O)NCC(=O)NCC(=O)N[C@@H](CCCCNC(=O)CCCC[C@@H]1SC[C@@H]2NC(=O)N[C@@H]21)C(N)=O. The topological polar surface area (TPSA) is 371 Å². The number of amides is 11. The summed E-state index contributed by atoms with van der Waals surface area (Å²) in [4.78, 5) is 125. The van der Waals surface area contributed by atoms with E-state index in [1.807, 2.05) is 11.8 Å². The van der Waals surface area contributed by atoms with Crippen molar-refractivity contribution in [2.75, 3.05) is 25.4 Å². The fourth-order valence-electron chi connectivity index (χ4n) is 7.19. The Kier molecular flexibility index (Phi) is 22.3. The van der Waals surface area contributed by atoms with Gasteiger partial charge in [-0.1, -0.05) is 32.4 Å². The van der Waals surface area contributed by atoms with Crippen LogP contribution in [0.1, 0.15) is 83.6 Å². The first-order chi connectivity index (χ1) is 30.9. The second-order valence-electron chi connectivity index (χ2n) is 16.3. The molecule has 3 rings (SSSR count). The van der Waals surface area contributed by atoms with Crippen LogP contribution in [-0.2, 0) is 49.6 Å². The number of rotatable bonds is 29. The standard InChI is InChI=1S/C41H63N11O12S/c1-22(2)25(18-33(56)52-64)38(60)49-28(17-23-10-12-24(53)13-11-23)40(62)48-27(14-15-31(42)54)39(61)46-19-34(57)45-20-35(58)47-26(37(43)59)7-5-6-16-44-32(55)9-4-3-8-30-36-29(21-65-30)50-41(63)51-36/h10-13,22,25-30,36,53,64H,3-9,14-21H2,1-2H3,(H2,42,54)(H2,43,59)(H,44,55)(H,45,57)(H,46,61)(H,47,58)(H,48,62)(H,49,60)(H,52,56)(H2,50,51,63)/t25?,26-,27-,28-,29-,30-,36-/m0/s1. The molecule has 0 radical (unpaired) electrons. The molecule has 15 N–H and O–H groups in total. The lowest BCUT2D eigenvalue weighted by Crippen LogP contribution is -2.56. The van der Waals surface area contributed by atoms with E-state index in [1.54, 1.807) is 13.8 Å². The highest BCUT2D eigenvalue weighted by molar-refractivity contribution is 8.00. The summed E-state index contributed by atoms with van der Waals surface area (Å²) in [6, 6.07) is 2.03. The van der Waals surface area contributed by atoms with Crippen molar-refractivity contribution < 1.29 is 58.3 Å². The Labute approximate surface area is 380 Å². The van der Waals surface area contributed by atoms with Crippen LogP contribution in [0.4, 0.5) is 4.79 Å². The summed E-state index contributed by atoms with van der Waals surface area (Å²) >= 11 is 1.82. The van der Waals surface area contributed by atoms with Crippen molar-refractivity contribution in [3.63, 3.8) is 0 Å². The average molecular weight is 934 g/mol. The molecule has 1 aromatic rings. The highest BCUT2D eigenvalue weighted by Gasteiger charge is 2.42. The second kappa shape index (κ2) is 27.2. The molecule has 2 heterocycles. The predicted molar refractivity (Wildman–Crippen MR) is 235 cm³/mol. The molecule has 2 fully saturated rings. The fraction of sp³-hybridized carbons (Fsp3) is 0.610. The van der Waals surface area contributed by atoms with Gasteiger partial charge in [0.25, 0.3) is 0 Å². The Morgan fingerprint density at radius 1 is 0.738 bits per heavy atom. The first-order valence-corrected chi connectivity index (χ1v) is 22.6. The Morgan fingerprint density at radius 3 is 2.09 bits per heavy atom. The maximum atomic E-state index is 13.7. The highest BCUT2D eigenvalue weighted by atomic mass is 32.2. The number of hydroxylamine groups is 1. The van der Waals surface area contributed by atoms with E-state index in [1.165, 1.54) is 29.7 Å². The Balaban J connectivity index is 1.43. The molecule has 0 bridgehead atoms. The predicted octanol–water partition coefficient (Wildman–Crippen LogP) is -2.45. The molecule has 0 saturated carbocycles. The summed E-state index contributed by atoms with van der Waals surface area (Å²) in [6.45, 7) is 2.42. The van der Waals surface area contributed by atoms with Crippen LogP contribution in [-0.4, -0.2) is 130 Å². The number of unbranched alkanes of at least 4 members (excludes halogenated alkanes) is 2.